The third-order valence-corrected chi connectivity index (χ3v) is 4.32. The highest BCUT2D eigenvalue weighted by Crippen LogP contribution is 2.20. The Morgan fingerprint density at radius 1 is 1.54 bits per heavy atom. The van der Waals surface area contributed by atoms with Gasteiger partial charge in [-0.05, 0) is 24.1 Å². The van der Waals surface area contributed by atoms with Crippen LogP contribution in [0.4, 0.5) is 0 Å². The molecule has 1 fully saturated rings. The zero-order valence-corrected chi connectivity index (χ0v) is 17.6. The highest BCUT2D eigenvalue weighted by Gasteiger charge is 2.20. The van der Waals surface area contributed by atoms with Crippen molar-refractivity contribution in [2.45, 2.75) is 12.5 Å². The van der Waals surface area contributed by atoms with Gasteiger partial charge in [0, 0.05) is 51.8 Å². The van der Waals surface area contributed by atoms with Gasteiger partial charge in [-0.15, -0.1) is 24.0 Å². The Hall–Kier alpha value is -0.570. The number of aliphatic imine (C=N–C) groups is 1. The summed E-state index contributed by atoms with van der Waals surface area (Å²) < 4.78 is 11.0. The van der Waals surface area contributed by atoms with Crippen LogP contribution < -0.4 is 5.32 Å². The molecule has 1 saturated heterocycles. The molecule has 0 bridgehead atoms. The van der Waals surface area contributed by atoms with Crippen LogP contribution in [0.15, 0.2) is 29.3 Å². The van der Waals surface area contributed by atoms with Crippen LogP contribution in [0.3, 0.4) is 0 Å². The van der Waals surface area contributed by atoms with Crippen molar-refractivity contribution in [1.29, 1.82) is 0 Å². The Balaban J connectivity index is 0.00000288. The maximum absolute atomic E-state index is 6.06. The molecule has 2 atom stereocenters. The van der Waals surface area contributed by atoms with Gasteiger partial charge < -0.3 is 19.7 Å². The van der Waals surface area contributed by atoms with E-state index in [9.17, 15) is 0 Å². The van der Waals surface area contributed by atoms with Crippen LogP contribution >= 0.6 is 35.6 Å². The Bertz CT molecular complexity index is 524. The molecule has 1 heterocycles. The summed E-state index contributed by atoms with van der Waals surface area (Å²) in [5, 5.41) is 4.09. The molecule has 0 aliphatic carbocycles. The molecule has 7 heteroatoms. The number of guanidine groups is 1. The molecule has 1 aromatic carbocycles. The molecular formula is C17H27ClIN3O2. The predicted octanol–water partition coefficient (Wildman–Crippen LogP) is 3.19. The van der Waals surface area contributed by atoms with E-state index in [0.29, 0.717) is 17.5 Å². The van der Waals surface area contributed by atoms with Crippen molar-refractivity contribution in [3.8, 4) is 0 Å². The monoisotopic (exact) mass is 467 g/mol. The molecule has 1 aliphatic rings. The first-order chi connectivity index (χ1) is 11.1. The summed E-state index contributed by atoms with van der Waals surface area (Å²) in [4.78, 5) is 6.50. The van der Waals surface area contributed by atoms with Crippen LogP contribution in [0.1, 0.15) is 18.1 Å². The second kappa shape index (κ2) is 11.1. The van der Waals surface area contributed by atoms with E-state index >= 15 is 0 Å². The standard InChI is InChI=1S/C17H26ClN3O2.HI/c1-19-17(21(2)11-13-7-8-23-12-13)20-10-16(22-3)14-5-4-6-15(18)9-14;/h4-6,9,13,16H,7-8,10-12H2,1-3H3,(H,19,20);1H. The lowest BCUT2D eigenvalue weighted by Crippen LogP contribution is -2.43. The van der Waals surface area contributed by atoms with E-state index in [-0.39, 0.29) is 30.1 Å². The van der Waals surface area contributed by atoms with E-state index in [1.165, 1.54) is 0 Å². The van der Waals surface area contributed by atoms with Gasteiger partial charge in [0.25, 0.3) is 0 Å². The fourth-order valence-corrected chi connectivity index (χ4v) is 3.01. The lowest BCUT2D eigenvalue weighted by molar-refractivity contribution is 0.106. The Morgan fingerprint density at radius 2 is 2.33 bits per heavy atom. The lowest BCUT2D eigenvalue weighted by Gasteiger charge is -2.26. The number of ether oxygens (including phenoxy) is 2. The van der Waals surface area contributed by atoms with Gasteiger partial charge in [-0.1, -0.05) is 23.7 Å². The molecule has 24 heavy (non-hydrogen) atoms. The number of halogens is 2. The van der Waals surface area contributed by atoms with Gasteiger partial charge in [0.15, 0.2) is 5.96 Å². The largest absolute Gasteiger partial charge is 0.381 e. The minimum atomic E-state index is -0.0753. The first kappa shape index (κ1) is 21.5. The minimum absolute atomic E-state index is 0. The van der Waals surface area contributed by atoms with E-state index in [0.717, 1.165) is 37.7 Å². The van der Waals surface area contributed by atoms with Crippen molar-refractivity contribution in [3.05, 3.63) is 34.9 Å². The van der Waals surface area contributed by atoms with E-state index in [1.807, 2.05) is 24.3 Å². The molecular weight excluding hydrogens is 441 g/mol. The van der Waals surface area contributed by atoms with Crippen molar-refractivity contribution >= 4 is 41.5 Å². The Kier molecular flexibility index (Phi) is 9.95. The molecule has 2 unspecified atom stereocenters. The number of rotatable bonds is 6. The molecule has 1 aromatic rings. The fourth-order valence-electron chi connectivity index (χ4n) is 2.81. The highest BCUT2D eigenvalue weighted by molar-refractivity contribution is 14.0. The van der Waals surface area contributed by atoms with Crippen LogP contribution in [0.5, 0.6) is 0 Å². The van der Waals surface area contributed by atoms with Gasteiger partial charge >= 0.3 is 0 Å². The first-order valence-corrected chi connectivity index (χ1v) is 8.29. The topological polar surface area (TPSA) is 46.1 Å². The van der Waals surface area contributed by atoms with Gasteiger partial charge in [0.05, 0.1) is 12.7 Å². The molecule has 2 rings (SSSR count). The van der Waals surface area contributed by atoms with Crippen molar-refractivity contribution in [2.24, 2.45) is 10.9 Å². The molecule has 0 saturated carbocycles. The SMILES string of the molecule is CN=C(NCC(OC)c1cccc(Cl)c1)N(C)CC1CCOC1.I. The van der Waals surface area contributed by atoms with E-state index in [4.69, 9.17) is 21.1 Å². The normalized spacial score (nSPS) is 18.8. The van der Waals surface area contributed by atoms with Crippen molar-refractivity contribution in [2.75, 3.05) is 47.5 Å². The number of hydrogen-bond donors (Lipinski definition) is 1. The van der Waals surface area contributed by atoms with E-state index in [1.54, 1.807) is 14.2 Å². The van der Waals surface area contributed by atoms with Gasteiger partial charge in [0.1, 0.15) is 0 Å². The van der Waals surface area contributed by atoms with E-state index < -0.39 is 0 Å². The van der Waals surface area contributed by atoms with Gasteiger partial charge in [-0.3, -0.25) is 4.99 Å². The van der Waals surface area contributed by atoms with Crippen LogP contribution in [-0.2, 0) is 9.47 Å². The average molecular weight is 468 g/mol. The van der Waals surface area contributed by atoms with Crippen molar-refractivity contribution in [1.82, 2.24) is 10.2 Å². The average Bonchev–Trinajstić information content (AvgIpc) is 3.04. The van der Waals surface area contributed by atoms with Gasteiger partial charge in [0.2, 0.25) is 0 Å². The fraction of sp³-hybridized carbons (Fsp3) is 0.588. The van der Waals surface area contributed by atoms with Gasteiger partial charge in [-0.25, -0.2) is 0 Å². The van der Waals surface area contributed by atoms with E-state index in [2.05, 4.69) is 22.3 Å². The molecule has 136 valence electrons. The molecule has 5 nitrogen and oxygen atoms in total. The molecule has 0 spiro atoms. The molecule has 0 radical (unpaired) electrons. The Labute approximate surface area is 166 Å². The third kappa shape index (κ3) is 6.38. The lowest BCUT2D eigenvalue weighted by atomic mass is 10.1. The van der Waals surface area contributed by atoms with Crippen LogP contribution in [0.25, 0.3) is 0 Å². The number of nitrogens with zero attached hydrogens (tertiary/aromatic N) is 2. The summed E-state index contributed by atoms with van der Waals surface area (Å²) >= 11 is 6.06. The number of methoxy groups -OCH3 is 1. The van der Waals surface area contributed by atoms with Crippen LogP contribution in [0, 0.1) is 5.92 Å². The predicted molar refractivity (Wildman–Crippen MR) is 110 cm³/mol. The maximum atomic E-state index is 6.06. The minimum Gasteiger partial charge on any atom is -0.381 e. The molecule has 0 aromatic heterocycles. The van der Waals surface area contributed by atoms with Crippen LogP contribution in [-0.4, -0.2) is 58.4 Å². The summed E-state index contributed by atoms with van der Waals surface area (Å²) in [5.74, 6) is 1.44. The third-order valence-electron chi connectivity index (χ3n) is 4.08. The zero-order valence-electron chi connectivity index (χ0n) is 14.5. The summed E-state index contributed by atoms with van der Waals surface area (Å²) in [7, 11) is 5.55. The Morgan fingerprint density at radius 3 is 2.92 bits per heavy atom. The number of nitrogens with one attached hydrogen (secondary N) is 1. The summed E-state index contributed by atoms with van der Waals surface area (Å²) in [6.45, 7) is 3.28. The summed E-state index contributed by atoms with van der Waals surface area (Å²) in [5.41, 5.74) is 1.05. The molecule has 1 N–H and O–H groups in total. The number of benzene rings is 1. The zero-order chi connectivity index (χ0) is 16.7. The molecule has 1 aliphatic heterocycles. The maximum Gasteiger partial charge on any atom is 0.193 e. The second-order valence-electron chi connectivity index (χ2n) is 5.82. The smallest absolute Gasteiger partial charge is 0.193 e. The van der Waals surface area contributed by atoms with Gasteiger partial charge in [-0.2, -0.15) is 0 Å². The second-order valence-corrected chi connectivity index (χ2v) is 6.25. The summed E-state index contributed by atoms with van der Waals surface area (Å²) in [6.07, 6.45) is 1.04. The van der Waals surface area contributed by atoms with Crippen molar-refractivity contribution in [3.63, 3.8) is 0 Å². The quantitative estimate of drug-likeness (QED) is 0.397. The highest BCUT2D eigenvalue weighted by atomic mass is 127. The van der Waals surface area contributed by atoms with Crippen molar-refractivity contribution < 1.29 is 9.47 Å². The molecule has 0 amide bonds. The first-order valence-electron chi connectivity index (χ1n) is 7.91. The summed E-state index contributed by atoms with van der Waals surface area (Å²) in [6, 6.07) is 7.75. The number of hydrogen-bond acceptors (Lipinski definition) is 3. The van der Waals surface area contributed by atoms with Crippen LogP contribution in [0.2, 0.25) is 5.02 Å².